The van der Waals surface area contributed by atoms with Gasteiger partial charge in [-0.25, -0.2) is 4.39 Å². The molecule has 0 saturated carbocycles. The van der Waals surface area contributed by atoms with E-state index in [4.69, 9.17) is 5.11 Å². The fourth-order valence-electron chi connectivity index (χ4n) is 2.12. The lowest BCUT2D eigenvalue weighted by atomic mass is 10.1. The number of fused-ring (bicyclic) bond motifs is 1. The van der Waals surface area contributed by atoms with Crippen LogP contribution in [0.2, 0.25) is 0 Å². The molecule has 0 aliphatic heterocycles. The van der Waals surface area contributed by atoms with Gasteiger partial charge in [-0.1, -0.05) is 15.9 Å². The van der Waals surface area contributed by atoms with Crippen molar-refractivity contribution in [3.05, 3.63) is 33.5 Å². The average molecular weight is 274 g/mol. The van der Waals surface area contributed by atoms with Gasteiger partial charge in [0.15, 0.2) is 0 Å². The molecule has 0 aromatic heterocycles. The van der Waals surface area contributed by atoms with Gasteiger partial charge < -0.3 is 10.4 Å². The predicted octanol–water partition coefficient (Wildman–Crippen LogP) is 2.16. The molecule has 1 aromatic rings. The number of hydrogen-bond acceptors (Lipinski definition) is 2. The molecule has 0 spiro atoms. The Morgan fingerprint density at radius 1 is 1.53 bits per heavy atom. The van der Waals surface area contributed by atoms with Crippen molar-refractivity contribution in [2.45, 2.75) is 18.9 Å². The predicted molar refractivity (Wildman–Crippen MR) is 60.3 cm³/mol. The molecular weight excluding hydrogens is 261 g/mol. The van der Waals surface area contributed by atoms with E-state index in [-0.39, 0.29) is 18.5 Å². The summed E-state index contributed by atoms with van der Waals surface area (Å²) in [4.78, 5) is 0. The van der Waals surface area contributed by atoms with E-state index < -0.39 is 0 Å². The molecule has 1 unspecified atom stereocenters. The van der Waals surface area contributed by atoms with Crippen molar-refractivity contribution < 1.29 is 9.50 Å². The molecule has 2 N–H and O–H groups in total. The van der Waals surface area contributed by atoms with E-state index in [2.05, 4.69) is 21.2 Å². The molecule has 4 heteroatoms. The summed E-state index contributed by atoms with van der Waals surface area (Å²) < 4.78 is 14.4. The van der Waals surface area contributed by atoms with Crippen LogP contribution in [0.25, 0.3) is 0 Å². The Labute approximate surface area is 96.6 Å². The molecule has 2 nitrogen and oxygen atoms in total. The number of rotatable bonds is 3. The molecule has 0 heterocycles. The molecule has 0 saturated heterocycles. The maximum Gasteiger partial charge on any atom is 0.126 e. The van der Waals surface area contributed by atoms with Gasteiger partial charge in [-0.2, -0.15) is 0 Å². The van der Waals surface area contributed by atoms with Crippen LogP contribution in [-0.2, 0) is 6.42 Å². The van der Waals surface area contributed by atoms with Crippen molar-refractivity contribution in [2.24, 2.45) is 0 Å². The van der Waals surface area contributed by atoms with Crippen LogP contribution in [0.5, 0.6) is 0 Å². The van der Waals surface area contributed by atoms with E-state index in [0.717, 1.165) is 28.4 Å². The summed E-state index contributed by atoms with van der Waals surface area (Å²) in [6, 6.07) is 3.40. The average Bonchev–Trinajstić information content (AvgIpc) is 2.65. The molecule has 0 bridgehead atoms. The highest BCUT2D eigenvalue weighted by Gasteiger charge is 2.26. The molecule has 0 fully saturated rings. The highest BCUT2D eigenvalue weighted by atomic mass is 79.9. The van der Waals surface area contributed by atoms with Gasteiger partial charge >= 0.3 is 0 Å². The third-order valence-electron chi connectivity index (χ3n) is 2.78. The topological polar surface area (TPSA) is 32.3 Å². The fraction of sp³-hybridized carbons (Fsp3) is 0.455. The normalized spacial score (nSPS) is 19.3. The largest absolute Gasteiger partial charge is 0.395 e. The number of benzene rings is 1. The molecule has 1 aliphatic rings. The van der Waals surface area contributed by atoms with Gasteiger partial charge in [-0.15, -0.1) is 0 Å². The number of aliphatic hydroxyl groups excluding tert-OH is 1. The standard InChI is InChI=1S/C11H13BrFNO/c12-8-2-3-9(13)7-1-4-10(11(7)8)14-5-6-15/h2-3,10,14-15H,1,4-6H2. The van der Waals surface area contributed by atoms with Crippen LogP contribution >= 0.6 is 15.9 Å². The quantitative estimate of drug-likeness (QED) is 0.885. The van der Waals surface area contributed by atoms with Gasteiger partial charge in [-0.3, -0.25) is 0 Å². The minimum absolute atomic E-state index is 0.110. The van der Waals surface area contributed by atoms with E-state index in [1.54, 1.807) is 6.07 Å². The SMILES string of the molecule is OCCNC1CCc2c(F)ccc(Br)c21. The second kappa shape index (κ2) is 4.60. The third-order valence-corrected chi connectivity index (χ3v) is 3.47. The second-order valence-corrected chi connectivity index (χ2v) is 4.54. The van der Waals surface area contributed by atoms with Gasteiger partial charge in [0.2, 0.25) is 0 Å². The molecule has 0 amide bonds. The van der Waals surface area contributed by atoms with E-state index in [1.165, 1.54) is 6.07 Å². The van der Waals surface area contributed by atoms with Gasteiger partial charge in [0.05, 0.1) is 6.61 Å². The Hall–Kier alpha value is -0.450. The van der Waals surface area contributed by atoms with Crippen molar-refractivity contribution in [3.8, 4) is 0 Å². The molecular formula is C11H13BrFNO. The lowest BCUT2D eigenvalue weighted by Crippen LogP contribution is -2.22. The molecule has 1 aromatic carbocycles. The highest BCUT2D eigenvalue weighted by Crippen LogP contribution is 2.37. The third kappa shape index (κ3) is 2.07. The van der Waals surface area contributed by atoms with Crippen LogP contribution in [0.1, 0.15) is 23.6 Å². The smallest absolute Gasteiger partial charge is 0.126 e. The van der Waals surface area contributed by atoms with Crippen LogP contribution in [-0.4, -0.2) is 18.3 Å². The molecule has 15 heavy (non-hydrogen) atoms. The van der Waals surface area contributed by atoms with Gasteiger partial charge in [-0.05, 0) is 36.1 Å². The van der Waals surface area contributed by atoms with Gasteiger partial charge in [0, 0.05) is 17.1 Å². The first kappa shape index (κ1) is 11.0. The minimum atomic E-state index is -0.124. The summed E-state index contributed by atoms with van der Waals surface area (Å²) in [7, 11) is 0. The van der Waals surface area contributed by atoms with E-state index in [1.807, 2.05) is 0 Å². The van der Waals surface area contributed by atoms with E-state index in [9.17, 15) is 4.39 Å². The van der Waals surface area contributed by atoms with Crippen molar-refractivity contribution in [2.75, 3.05) is 13.2 Å². The Morgan fingerprint density at radius 3 is 3.07 bits per heavy atom. The van der Waals surface area contributed by atoms with Crippen molar-refractivity contribution in [1.29, 1.82) is 0 Å². The van der Waals surface area contributed by atoms with Crippen LogP contribution in [0, 0.1) is 5.82 Å². The van der Waals surface area contributed by atoms with Crippen LogP contribution < -0.4 is 5.32 Å². The summed E-state index contributed by atoms with van der Waals surface area (Å²) in [5.74, 6) is -0.124. The van der Waals surface area contributed by atoms with E-state index in [0.29, 0.717) is 6.54 Å². The summed E-state index contributed by atoms with van der Waals surface area (Å²) in [6.45, 7) is 0.659. The van der Waals surface area contributed by atoms with Crippen molar-refractivity contribution >= 4 is 15.9 Å². The number of aliphatic hydroxyl groups is 1. The molecule has 82 valence electrons. The van der Waals surface area contributed by atoms with E-state index >= 15 is 0 Å². The number of hydrogen-bond donors (Lipinski definition) is 2. The van der Waals surface area contributed by atoms with Crippen LogP contribution in [0.15, 0.2) is 16.6 Å². The number of nitrogens with one attached hydrogen (secondary N) is 1. The van der Waals surface area contributed by atoms with Crippen molar-refractivity contribution in [1.82, 2.24) is 5.32 Å². The maximum absolute atomic E-state index is 13.5. The summed E-state index contributed by atoms with van der Waals surface area (Å²) >= 11 is 3.44. The lowest BCUT2D eigenvalue weighted by molar-refractivity contribution is 0.284. The second-order valence-electron chi connectivity index (χ2n) is 3.69. The Morgan fingerprint density at radius 2 is 2.33 bits per heavy atom. The number of halogens is 2. The van der Waals surface area contributed by atoms with Crippen molar-refractivity contribution in [3.63, 3.8) is 0 Å². The Kier molecular flexibility index (Phi) is 3.38. The lowest BCUT2D eigenvalue weighted by Gasteiger charge is -2.14. The minimum Gasteiger partial charge on any atom is -0.395 e. The molecule has 0 radical (unpaired) electrons. The molecule has 2 rings (SSSR count). The zero-order valence-corrected chi connectivity index (χ0v) is 9.85. The van der Waals surface area contributed by atoms with Gasteiger partial charge in [0.1, 0.15) is 5.82 Å². The maximum atomic E-state index is 13.5. The fourth-order valence-corrected chi connectivity index (χ4v) is 2.76. The van der Waals surface area contributed by atoms with Gasteiger partial charge in [0.25, 0.3) is 0 Å². The Balaban J connectivity index is 2.28. The summed E-state index contributed by atoms with van der Waals surface area (Å²) in [5, 5.41) is 12.0. The monoisotopic (exact) mass is 273 g/mol. The first-order chi connectivity index (χ1) is 7.24. The summed E-state index contributed by atoms with van der Waals surface area (Å²) in [5.41, 5.74) is 1.82. The molecule has 1 aliphatic carbocycles. The highest BCUT2D eigenvalue weighted by molar-refractivity contribution is 9.10. The zero-order valence-electron chi connectivity index (χ0n) is 8.26. The van der Waals surface area contributed by atoms with Crippen LogP contribution in [0.4, 0.5) is 4.39 Å². The zero-order chi connectivity index (χ0) is 10.8. The van der Waals surface area contributed by atoms with Crippen LogP contribution in [0.3, 0.4) is 0 Å². The first-order valence-electron chi connectivity index (χ1n) is 5.05. The first-order valence-corrected chi connectivity index (χ1v) is 5.84. The summed E-state index contributed by atoms with van der Waals surface area (Å²) in [6.07, 6.45) is 1.67. The molecule has 1 atom stereocenters. The Bertz CT molecular complexity index is 370.